The first-order valence-corrected chi connectivity index (χ1v) is 7.35. The van der Waals surface area contributed by atoms with E-state index < -0.39 is 6.10 Å². The van der Waals surface area contributed by atoms with Crippen molar-refractivity contribution in [1.29, 1.82) is 0 Å². The van der Waals surface area contributed by atoms with Gasteiger partial charge < -0.3 is 9.84 Å². The molecule has 0 amide bonds. The molecule has 1 heterocycles. The molecule has 1 N–H and O–H groups in total. The molecule has 2 rings (SSSR count). The molecule has 0 bridgehead atoms. The summed E-state index contributed by atoms with van der Waals surface area (Å²) in [6.07, 6.45) is -0.786. The Morgan fingerprint density at radius 3 is 2.61 bits per heavy atom. The zero-order valence-corrected chi connectivity index (χ0v) is 13.2. The van der Waals surface area contributed by atoms with Crippen LogP contribution in [0.4, 0.5) is 0 Å². The number of halogens is 3. The predicted molar refractivity (Wildman–Crippen MR) is 79.1 cm³/mol. The van der Waals surface area contributed by atoms with Gasteiger partial charge in [0.15, 0.2) is 0 Å². The third kappa shape index (κ3) is 2.83. The van der Waals surface area contributed by atoms with Gasteiger partial charge in [0.25, 0.3) is 0 Å². The lowest BCUT2D eigenvalue weighted by Gasteiger charge is -2.13. The fourth-order valence-electron chi connectivity index (χ4n) is 1.56. The van der Waals surface area contributed by atoms with Crippen molar-refractivity contribution in [3.8, 4) is 5.75 Å². The highest BCUT2D eigenvalue weighted by Crippen LogP contribution is 2.39. The number of methoxy groups -OCH3 is 1. The van der Waals surface area contributed by atoms with Gasteiger partial charge in [0.2, 0.25) is 0 Å². The zero-order chi connectivity index (χ0) is 13.3. The van der Waals surface area contributed by atoms with Crippen LogP contribution in [-0.4, -0.2) is 12.2 Å². The maximum atomic E-state index is 10.3. The van der Waals surface area contributed by atoms with E-state index in [4.69, 9.17) is 27.9 Å². The standard InChI is InChI=1S/C12H9BrCl2O2S/c1-17-9-4-6(14)2-3-7(9)11(16)10-5-8(13)12(15)18-10/h2-5,11,16H,1H3. The summed E-state index contributed by atoms with van der Waals surface area (Å²) in [6, 6.07) is 6.93. The van der Waals surface area contributed by atoms with Gasteiger partial charge in [0.1, 0.15) is 16.2 Å². The van der Waals surface area contributed by atoms with E-state index in [1.807, 2.05) is 0 Å². The van der Waals surface area contributed by atoms with Gasteiger partial charge in [-0.05, 0) is 34.1 Å². The van der Waals surface area contributed by atoms with Crippen molar-refractivity contribution in [1.82, 2.24) is 0 Å². The Morgan fingerprint density at radius 2 is 2.06 bits per heavy atom. The molecule has 0 spiro atoms. The van der Waals surface area contributed by atoms with E-state index in [9.17, 15) is 5.11 Å². The second kappa shape index (κ2) is 5.80. The quantitative estimate of drug-likeness (QED) is 0.835. The van der Waals surface area contributed by atoms with Crippen LogP contribution in [0.3, 0.4) is 0 Å². The molecule has 0 fully saturated rings. The van der Waals surface area contributed by atoms with Crippen molar-refractivity contribution in [2.75, 3.05) is 7.11 Å². The summed E-state index contributed by atoms with van der Waals surface area (Å²) >= 11 is 16.5. The SMILES string of the molecule is COc1cc(Cl)ccc1C(O)c1cc(Br)c(Cl)s1. The van der Waals surface area contributed by atoms with Crippen LogP contribution in [0.25, 0.3) is 0 Å². The number of hydrogen-bond acceptors (Lipinski definition) is 3. The van der Waals surface area contributed by atoms with E-state index in [1.165, 1.54) is 11.3 Å². The van der Waals surface area contributed by atoms with Gasteiger partial charge in [0, 0.05) is 19.9 Å². The van der Waals surface area contributed by atoms with Crippen molar-refractivity contribution in [2.45, 2.75) is 6.10 Å². The molecule has 0 aliphatic carbocycles. The van der Waals surface area contributed by atoms with Crippen LogP contribution < -0.4 is 4.74 Å². The molecule has 18 heavy (non-hydrogen) atoms. The fraction of sp³-hybridized carbons (Fsp3) is 0.167. The molecule has 0 saturated carbocycles. The summed E-state index contributed by atoms with van der Waals surface area (Å²) in [5, 5.41) is 10.9. The van der Waals surface area contributed by atoms with E-state index in [-0.39, 0.29) is 0 Å². The number of benzene rings is 1. The summed E-state index contributed by atoms with van der Waals surface area (Å²) in [4.78, 5) is 0.743. The minimum atomic E-state index is -0.786. The first-order valence-electron chi connectivity index (χ1n) is 4.99. The fourth-order valence-corrected chi connectivity index (χ4v) is 3.47. The van der Waals surface area contributed by atoms with Crippen LogP contribution in [0.2, 0.25) is 9.36 Å². The van der Waals surface area contributed by atoms with Gasteiger partial charge in [-0.3, -0.25) is 0 Å². The average Bonchev–Trinajstić information content (AvgIpc) is 2.68. The predicted octanol–water partition coefficient (Wildman–Crippen LogP) is 4.91. The molecular formula is C12H9BrCl2O2S. The Labute approximate surface area is 127 Å². The first kappa shape index (κ1) is 14.2. The Bertz CT molecular complexity index is 552. The highest BCUT2D eigenvalue weighted by Gasteiger charge is 2.19. The van der Waals surface area contributed by atoms with Gasteiger partial charge in [-0.1, -0.05) is 29.3 Å². The third-order valence-electron chi connectivity index (χ3n) is 2.42. The number of thiophene rings is 1. The average molecular weight is 368 g/mol. The Balaban J connectivity index is 2.42. The Kier molecular flexibility index (Phi) is 4.56. The van der Waals surface area contributed by atoms with Crippen molar-refractivity contribution >= 4 is 50.5 Å². The molecule has 0 aliphatic heterocycles. The first-order chi connectivity index (χ1) is 8.52. The maximum absolute atomic E-state index is 10.3. The van der Waals surface area contributed by atoms with Crippen molar-refractivity contribution in [3.63, 3.8) is 0 Å². The van der Waals surface area contributed by atoms with Crippen LogP contribution in [0.5, 0.6) is 5.75 Å². The summed E-state index contributed by atoms with van der Waals surface area (Å²) in [5.41, 5.74) is 0.660. The van der Waals surface area contributed by atoms with Crippen molar-refractivity contribution in [2.24, 2.45) is 0 Å². The molecule has 0 saturated heterocycles. The van der Waals surface area contributed by atoms with Crippen molar-refractivity contribution < 1.29 is 9.84 Å². The molecule has 1 aromatic carbocycles. The smallest absolute Gasteiger partial charge is 0.126 e. The van der Waals surface area contributed by atoms with E-state index in [1.54, 1.807) is 31.4 Å². The monoisotopic (exact) mass is 366 g/mol. The third-order valence-corrected chi connectivity index (χ3v) is 5.19. The van der Waals surface area contributed by atoms with Gasteiger partial charge in [0.05, 0.1) is 7.11 Å². The van der Waals surface area contributed by atoms with E-state index in [0.29, 0.717) is 20.7 Å². The van der Waals surface area contributed by atoms with E-state index in [2.05, 4.69) is 15.9 Å². The number of aliphatic hydroxyl groups is 1. The largest absolute Gasteiger partial charge is 0.496 e. The van der Waals surface area contributed by atoms with Crippen LogP contribution in [-0.2, 0) is 0 Å². The molecule has 0 radical (unpaired) electrons. The number of rotatable bonds is 3. The molecule has 1 unspecified atom stereocenters. The molecule has 0 aliphatic rings. The summed E-state index contributed by atoms with van der Waals surface area (Å²) in [6.45, 7) is 0. The minimum absolute atomic E-state index is 0.552. The molecule has 1 atom stereocenters. The van der Waals surface area contributed by atoms with Gasteiger partial charge in [-0.2, -0.15) is 0 Å². The van der Waals surface area contributed by atoms with Crippen LogP contribution in [0.1, 0.15) is 16.5 Å². The lowest BCUT2D eigenvalue weighted by Crippen LogP contribution is -2.00. The second-order valence-electron chi connectivity index (χ2n) is 3.56. The highest BCUT2D eigenvalue weighted by molar-refractivity contribution is 9.10. The number of ether oxygens (including phenoxy) is 1. The zero-order valence-electron chi connectivity index (χ0n) is 9.28. The number of hydrogen-bond donors (Lipinski definition) is 1. The van der Waals surface area contributed by atoms with Crippen LogP contribution >= 0.6 is 50.5 Å². The molecule has 2 aromatic rings. The summed E-state index contributed by atoms with van der Waals surface area (Å²) < 4.78 is 6.60. The highest BCUT2D eigenvalue weighted by atomic mass is 79.9. The molecule has 2 nitrogen and oxygen atoms in total. The van der Waals surface area contributed by atoms with E-state index >= 15 is 0 Å². The summed E-state index contributed by atoms with van der Waals surface area (Å²) in [7, 11) is 1.54. The van der Waals surface area contributed by atoms with Crippen molar-refractivity contribution in [3.05, 3.63) is 48.5 Å². The van der Waals surface area contributed by atoms with Crippen LogP contribution in [0, 0.1) is 0 Å². The topological polar surface area (TPSA) is 29.5 Å². The molecule has 96 valence electrons. The molecular weight excluding hydrogens is 359 g/mol. The Hall–Kier alpha value is -0.260. The van der Waals surface area contributed by atoms with Gasteiger partial charge >= 0.3 is 0 Å². The van der Waals surface area contributed by atoms with Crippen LogP contribution in [0.15, 0.2) is 28.7 Å². The number of aliphatic hydroxyl groups excluding tert-OH is 1. The molecule has 6 heteroatoms. The lowest BCUT2D eigenvalue weighted by molar-refractivity contribution is 0.218. The normalized spacial score (nSPS) is 12.5. The maximum Gasteiger partial charge on any atom is 0.126 e. The van der Waals surface area contributed by atoms with E-state index in [0.717, 1.165) is 9.35 Å². The lowest BCUT2D eigenvalue weighted by atomic mass is 10.1. The minimum Gasteiger partial charge on any atom is -0.496 e. The Morgan fingerprint density at radius 1 is 1.33 bits per heavy atom. The van der Waals surface area contributed by atoms with Gasteiger partial charge in [-0.15, -0.1) is 11.3 Å². The second-order valence-corrected chi connectivity index (χ2v) is 6.54. The van der Waals surface area contributed by atoms with Gasteiger partial charge in [-0.25, -0.2) is 0 Å². The summed E-state index contributed by atoms with van der Waals surface area (Å²) in [5.74, 6) is 0.552. The molecule has 1 aromatic heterocycles.